The van der Waals surface area contributed by atoms with Gasteiger partial charge >= 0.3 is 0 Å². The Labute approximate surface area is 113 Å². The van der Waals surface area contributed by atoms with Crippen LogP contribution in [0.2, 0.25) is 0 Å². The van der Waals surface area contributed by atoms with Gasteiger partial charge < -0.3 is 16.0 Å². The average Bonchev–Trinajstić information content (AvgIpc) is 2.85. The molecule has 0 radical (unpaired) electrons. The predicted molar refractivity (Wildman–Crippen MR) is 76.9 cm³/mol. The Morgan fingerprint density at radius 3 is 2.58 bits per heavy atom. The number of H-pyrrole nitrogens is 1. The second kappa shape index (κ2) is 5.61. The lowest BCUT2D eigenvalue weighted by Gasteiger charge is -2.14. The molecule has 19 heavy (non-hydrogen) atoms. The number of aromatic amines is 1. The molecule has 0 saturated heterocycles. The van der Waals surface area contributed by atoms with Crippen molar-refractivity contribution in [1.29, 1.82) is 0 Å². The first-order chi connectivity index (χ1) is 9.10. The van der Waals surface area contributed by atoms with Crippen LogP contribution in [-0.2, 0) is 6.42 Å². The molecule has 4 N–H and O–H groups in total. The number of carbonyl (C=O) groups excluding carboxylic acids is 1. The van der Waals surface area contributed by atoms with E-state index in [-0.39, 0.29) is 11.9 Å². The molecule has 1 atom stereocenters. The molecule has 1 heterocycles. The Hall–Kier alpha value is -2.23. The quantitative estimate of drug-likeness (QED) is 0.788. The van der Waals surface area contributed by atoms with Crippen LogP contribution in [0.3, 0.4) is 0 Å². The number of rotatable bonds is 4. The molecule has 1 amide bonds. The topological polar surface area (TPSA) is 70.9 Å². The van der Waals surface area contributed by atoms with Crippen molar-refractivity contribution in [3.63, 3.8) is 0 Å². The summed E-state index contributed by atoms with van der Waals surface area (Å²) in [6.07, 6.45) is 2.62. The van der Waals surface area contributed by atoms with E-state index in [0.717, 1.165) is 12.0 Å². The molecule has 2 aromatic rings. The number of nitrogens with one attached hydrogen (secondary N) is 2. The smallest absolute Gasteiger partial charge is 0.268 e. The molecule has 4 heteroatoms. The fourth-order valence-electron chi connectivity index (χ4n) is 1.94. The highest BCUT2D eigenvalue weighted by Crippen LogP contribution is 2.15. The molecule has 0 aliphatic heterocycles. The Bertz CT molecular complexity index is 557. The minimum atomic E-state index is -0.149. The molecule has 0 bridgehead atoms. The summed E-state index contributed by atoms with van der Waals surface area (Å²) >= 11 is 0. The number of benzene rings is 1. The first-order valence-electron chi connectivity index (χ1n) is 6.43. The third-order valence-corrected chi connectivity index (χ3v) is 3.19. The molecular formula is C15H19N3O. The normalized spacial score (nSPS) is 12.1. The van der Waals surface area contributed by atoms with Crippen molar-refractivity contribution in [3.05, 3.63) is 53.3 Å². The van der Waals surface area contributed by atoms with Gasteiger partial charge in [0.15, 0.2) is 0 Å². The number of hydrogen-bond donors (Lipinski definition) is 3. The van der Waals surface area contributed by atoms with Crippen molar-refractivity contribution in [2.75, 3.05) is 5.73 Å². The fraction of sp³-hybridized carbons (Fsp3) is 0.267. The van der Waals surface area contributed by atoms with Crippen molar-refractivity contribution in [3.8, 4) is 0 Å². The van der Waals surface area contributed by atoms with E-state index in [0.29, 0.717) is 11.4 Å². The molecule has 2 rings (SSSR count). The number of nitrogens with two attached hydrogens (primary N) is 1. The van der Waals surface area contributed by atoms with Crippen LogP contribution in [0.4, 0.5) is 5.69 Å². The van der Waals surface area contributed by atoms with Gasteiger partial charge in [0.25, 0.3) is 5.91 Å². The molecule has 1 aromatic heterocycles. The number of amides is 1. The van der Waals surface area contributed by atoms with E-state index < -0.39 is 0 Å². The van der Waals surface area contributed by atoms with Crippen molar-refractivity contribution in [1.82, 2.24) is 10.3 Å². The molecular weight excluding hydrogens is 238 g/mol. The second-order valence-electron chi connectivity index (χ2n) is 4.64. The number of aromatic nitrogens is 1. The van der Waals surface area contributed by atoms with E-state index in [2.05, 4.69) is 29.4 Å². The standard InChI is InChI=1S/C15H19N3O/c1-3-11-4-6-12(7-5-11)10(2)18-15(19)14-8-13(16)9-17-14/h4-10,17H,3,16H2,1-2H3,(H,18,19). The monoisotopic (exact) mass is 257 g/mol. The highest BCUT2D eigenvalue weighted by Gasteiger charge is 2.12. The van der Waals surface area contributed by atoms with Gasteiger partial charge in [-0.3, -0.25) is 4.79 Å². The van der Waals surface area contributed by atoms with Crippen molar-refractivity contribution in [2.24, 2.45) is 0 Å². The Morgan fingerprint density at radius 2 is 2.05 bits per heavy atom. The number of hydrogen-bond acceptors (Lipinski definition) is 2. The van der Waals surface area contributed by atoms with Gasteiger partial charge in [-0.05, 0) is 30.5 Å². The van der Waals surface area contributed by atoms with Crippen molar-refractivity contribution in [2.45, 2.75) is 26.3 Å². The first-order valence-corrected chi connectivity index (χ1v) is 6.43. The summed E-state index contributed by atoms with van der Waals surface area (Å²) < 4.78 is 0. The maximum absolute atomic E-state index is 12.0. The molecule has 0 aliphatic rings. The van der Waals surface area contributed by atoms with E-state index in [4.69, 9.17) is 5.73 Å². The van der Waals surface area contributed by atoms with Crippen LogP contribution < -0.4 is 11.1 Å². The van der Waals surface area contributed by atoms with Gasteiger partial charge in [0, 0.05) is 11.9 Å². The SMILES string of the molecule is CCc1ccc(C(C)NC(=O)c2cc(N)c[nH]2)cc1. The summed E-state index contributed by atoms with van der Waals surface area (Å²) in [6, 6.07) is 9.86. The van der Waals surface area contributed by atoms with E-state index in [1.165, 1.54) is 5.56 Å². The summed E-state index contributed by atoms with van der Waals surface area (Å²) in [7, 11) is 0. The van der Waals surface area contributed by atoms with Crippen LogP contribution >= 0.6 is 0 Å². The van der Waals surface area contributed by atoms with Crippen molar-refractivity contribution < 1.29 is 4.79 Å². The predicted octanol–water partition coefficient (Wildman–Crippen LogP) is 2.65. The Kier molecular flexibility index (Phi) is 3.90. The largest absolute Gasteiger partial charge is 0.397 e. The number of aryl methyl sites for hydroxylation is 1. The fourth-order valence-corrected chi connectivity index (χ4v) is 1.94. The maximum Gasteiger partial charge on any atom is 0.268 e. The van der Waals surface area contributed by atoms with Crippen LogP contribution in [0.15, 0.2) is 36.5 Å². The van der Waals surface area contributed by atoms with Crippen LogP contribution in [0.5, 0.6) is 0 Å². The zero-order valence-corrected chi connectivity index (χ0v) is 11.2. The maximum atomic E-state index is 12.0. The van der Waals surface area contributed by atoms with Gasteiger partial charge in [0.2, 0.25) is 0 Å². The number of nitrogen functional groups attached to an aromatic ring is 1. The summed E-state index contributed by atoms with van der Waals surface area (Å²) in [6.45, 7) is 4.08. The van der Waals surface area contributed by atoms with E-state index in [1.54, 1.807) is 12.3 Å². The lowest BCUT2D eigenvalue weighted by Crippen LogP contribution is -2.26. The number of anilines is 1. The van der Waals surface area contributed by atoms with E-state index in [1.807, 2.05) is 19.1 Å². The minimum absolute atomic E-state index is 0.0390. The van der Waals surface area contributed by atoms with Crippen LogP contribution in [0, 0.1) is 0 Å². The third kappa shape index (κ3) is 3.16. The van der Waals surface area contributed by atoms with Gasteiger partial charge in [-0.2, -0.15) is 0 Å². The molecule has 1 aromatic carbocycles. The second-order valence-corrected chi connectivity index (χ2v) is 4.64. The highest BCUT2D eigenvalue weighted by molar-refractivity contribution is 5.93. The zero-order chi connectivity index (χ0) is 13.8. The number of carbonyl (C=O) groups is 1. The first kappa shape index (κ1) is 13.2. The zero-order valence-electron chi connectivity index (χ0n) is 11.2. The molecule has 0 aliphatic carbocycles. The van der Waals surface area contributed by atoms with Gasteiger partial charge in [-0.25, -0.2) is 0 Å². The summed E-state index contributed by atoms with van der Waals surface area (Å²) in [5.41, 5.74) is 9.00. The molecule has 1 unspecified atom stereocenters. The van der Waals surface area contributed by atoms with Gasteiger partial charge in [0.1, 0.15) is 5.69 Å². The van der Waals surface area contributed by atoms with Crippen LogP contribution in [0.25, 0.3) is 0 Å². The van der Waals surface area contributed by atoms with Crippen LogP contribution in [0.1, 0.15) is 41.5 Å². The molecule has 0 spiro atoms. The van der Waals surface area contributed by atoms with Crippen molar-refractivity contribution >= 4 is 11.6 Å². The summed E-state index contributed by atoms with van der Waals surface area (Å²) in [5, 5.41) is 2.94. The molecule has 0 fully saturated rings. The minimum Gasteiger partial charge on any atom is -0.397 e. The lowest BCUT2D eigenvalue weighted by atomic mass is 10.0. The average molecular weight is 257 g/mol. The Morgan fingerprint density at radius 1 is 1.37 bits per heavy atom. The Balaban J connectivity index is 2.03. The van der Waals surface area contributed by atoms with E-state index in [9.17, 15) is 4.79 Å². The summed E-state index contributed by atoms with van der Waals surface area (Å²) in [4.78, 5) is 14.8. The van der Waals surface area contributed by atoms with Gasteiger partial charge in [-0.15, -0.1) is 0 Å². The summed E-state index contributed by atoms with van der Waals surface area (Å²) in [5.74, 6) is -0.149. The molecule has 4 nitrogen and oxygen atoms in total. The van der Waals surface area contributed by atoms with Gasteiger partial charge in [0.05, 0.1) is 6.04 Å². The molecule has 100 valence electrons. The van der Waals surface area contributed by atoms with Crippen LogP contribution in [-0.4, -0.2) is 10.9 Å². The third-order valence-electron chi connectivity index (χ3n) is 3.19. The highest BCUT2D eigenvalue weighted by atomic mass is 16.1. The van der Waals surface area contributed by atoms with E-state index >= 15 is 0 Å². The lowest BCUT2D eigenvalue weighted by molar-refractivity contribution is 0.0935. The molecule has 0 saturated carbocycles. The van der Waals surface area contributed by atoms with Gasteiger partial charge in [-0.1, -0.05) is 31.2 Å².